The zero-order valence-corrected chi connectivity index (χ0v) is 9.30. The first kappa shape index (κ1) is 11.8. The van der Waals surface area contributed by atoms with Gasteiger partial charge in [0.25, 0.3) is 0 Å². The monoisotopic (exact) mass is 229 g/mol. The Morgan fingerprint density at radius 1 is 1.53 bits per heavy atom. The summed E-state index contributed by atoms with van der Waals surface area (Å²) in [5.74, 6) is 0.347. The van der Waals surface area contributed by atoms with E-state index in [1.165, 1.54) is 6.92 Å². The lowest BCUT2D eigenvalue weighted by atomic mass is 10.2. The van der Waals surface area contributed by atoms with Gasteiger partial charge in [-0.1, -0.05) is 0 Å². The molecule has 1 atom stereocenters. The number of hydrogen-bond acceptors (Lipinski definition) is 3. The second-order valence-electron chi connectivity index (χ2n) is 3.16. The average molecular weight is 230 g/mol. The first-order valence-electron chi connectivity index (χ1n) is 4.52. The topological polar surface area (TPSA) is 59.3 Å². The summed E-state index contributed by atoms with van der Waals surface area (Å²) in [6, 6.07) is 3.20. The molecule has 0 radical (unpaired) electrons. The number of rotatable bonds is 4. The minimum Gasteiger partial charge on any atom is -0.456 e. The molecule has 1 amide bonds. The molecular weight excluding hydrogens is 218 g/mol. The van der Waals surface area contributed by atoms with E-state index in [2.05, 4.69) is 5.32 Å². The van der Waals surface area contributed by atoms with Crippen molar-refractivity contribution in [2.45, 2.75) is 25.8 Å². The Kier molecular flexibility index (Phi) is 3.91. The Bertz CT molecular complexity index is 370. The van der Waals surface area contributed by atoms with E-state index in [1.54, 1.807) is 19.1 Å². The largest absolute Gasteiger partial charge is 0.456 e. The van der Waals surface area contributed by atoms with Gasteiger partial charge in [-0.25, -0.2) is 0 Å². The van der Waals surface area contributed by atoms with Gasteiger partial charge >= 0.3 is 0 Å². The van der Waals surface area contributed by atoms with Crippen LogP contribution in [0.3, 0.4) is 0 Å². The van der Waals surface area contributed by atoms with Gasteiger partial charge in [0.2, 0.25) is 11.7 Å². The lowest BCUT2D eigenvalue weighted by molar-refractivity contribution is -0.119. The van der Waals surface area contributed by atoms with Gasteiger partial charge in [-0.15, -0.1) is 11.6 Å². The predicted molar refractivity (Wildman–Crippen MR) is 55.9 cm³/mol. The number of alkyl halides is 1. The Labute approximate surface area is 92.6 Å². The fourth-order valence-corrected chi connectivity index (χ4v) is 1.12. The normalized spacial score (nSPS) is 12.2. The Morgan fingerprint density at radius 2 is 2.20 bits per heavy atom. The van der Waals surface area contributed by atoms with Gasteiger partial charge in [-0.3, -0.25) is 9.59 Å². The molecular formula is C10H12ClNO3. The highest BCUT2D eigenvalue weighted by molar-refractivity contribution is 6.33. The maximum atomic E-state index is 11.4. The van der Waals surface area contributed by atoms with Crippen LogP contribution in [-0.2, 0) is 11.3 Å². The minimum atomic E-state index is -0.607. The number of halogens is 1. The van der Waals surface area contributed by atoms with Crippen molar-refractivity contribution in [2.24, 2.45) is 0 Å². The molecule has 1 unspecified atom stereocenters. The van der Waals surface area contributed by atoms with Gasteiger partial charge in [-0.05, 0) is 19.1 Å². The van der Waals surface area contributed by atoms with Crippen LogP contribution < -0.4 is 5.32 Å². The zero-order chi connectivity index (χ0) is 11.4. The maximum absolute atomic E-state index is 11.4. The summed E-state index contributed by atoms with van der Waals surface area (Å²) in [6.07, 6.45) is 0. The smallest absolute Gasteiger partial charge is 0.217 e. The molecule has 15 heavy (non-hydrogen) atoms. The summed E-state index contributed by atoms with van der Waals surface area (Å²) >= 11 is 5.62. The maximum Gasteiger partial charge on any atom is 0.217 e. The molecule has 0 aliphatic rings. The van der Waals surface area contributed by atoms with E-state index in [0.717, 1.165) is 0 Å². The van der Waals surface area contributed by atoms with Crippen molar-refractivity contribution in [3.8, 4) is 0 Å². The van der Waals surface area contributed by atoms with E-state index in [-0.39, 0.29) is 24.0 Å². The van der Waals surface area contributed by atoms with Gasteiger partial charge in [0.05, 0.1) is 11.9 Å². The Hall–Kier alpha value is -1.29. The molecule has 0 spiro atoms. The molecule has 1 aromatic heterocycles. The van der Waals surface area contributed by atoms with Crippen LogP contribution in [0.5, 0.6) is 0 Å². The van der Waals surface area contributed by atoms with E-state index in [0.29, 0.717) is 5.76 Å². The third-order valence-corrected chi connectivity index (χ3v) is 1.98. The van der Waals surface area contributed by atoms with Crippen molar-refractivity contribution < 1.29 is 14.0 Å². The summed E-state index contributed by atoms with van der Waals surface area (Å²) in [4.78, 5) is 22.0. The van der Waals surface area contributed by atoms with E-state index < -0.39 is 5.38 Å². The summed E-state index contributed by atoms with van der Waals surface area (Å²) in [6.45, 7) is 3.27. The number of carbonyl (C=O) groups excluding carboxylic acids is 2. The van der Waals surface area contributed by atoms with Crippen LogP contribution in [0, 0.1) is 0 Å². The van der Waals surface area contributed by atoms with Gasteiger partial charge in [0, 0.05) is 6.92 Å². The van der Waals surface area contributed by atoms with Gasteiger partial charge in [0.15, 0.2) is 5.76 Å². The van der Waals surface area contributed by atoms with Crippen LogP contribution in [0.2, 0.25) is 0 Å². The van der Waals surface area contributed by atoms with Gasteiger partial charge < -0.3 is 9.73 Å². The van der Waals surface area contributed by atoms with Crippen LogP contribution in [0.1, 0.15) is 30.2 Å². The molecule has 0 saturated heterocycles. The summed E-state index contributed by atoms with van der Waals surface area (Å²) in [7, 11) is 0. The molecule has 1 aromatic rings. The summed E-state index contributed by atoms with van der Waals surface area (Å²) < 4.78 is 5.21. The second-order valence-corrected chi connectivity index (χ2v) is 3.81. The Morgan fingerprint density at radius 3 is 2.73 bits per heavy atom. The second kappa shape index (κ2) is 4.98. The highest BCUT2D eigenvalue weighted by Crippen LogP contribution is 2.12. The molecule has 4 nitrogen and oxygen atoms in total. The standard InChI is InChI=1S/C10H12ClNO3/c1-6(11)10(14)9-4-3-8(15-9)5-12-7(2)13/h3-4,6H,5H2,1-2H3,(H,12,13). The van der Waals surface area contributed by atoms with Crippen LogP contribution in [-0.4, -0.2) is 17.1 Å². The molecule has 0 aliphatic heterocycles. The Balaban J connectivity index is 2.64. The molecule has 5 heteroatoms. The van der Waals surface area contributed by atoms with Crippen LogP contribution in [0.4, 0.5) is 0 Å². The lowest BCUT2D eigenvalue weighted by Gasteiger charge is -1.99. The molecule has 0 fully saturated rings. The third-order valence-electron chi connectivity index (χ3n) is 1.78. The van der Waals surface area contributed by atoms with Crippen molar-refractivity contribution in [2.75, 3.05) is 0 Å². The van der Waals surface area contributed by atoms with Crippen molar-refractivity contribution in [1.29, 1.82) is 0 Å². The quantitative estimate of drug-likeness (QED) is 0.632. The molecule has 1 rings (SSSR count). The third kappa shape index (κ3) is 3.40. The summed E-state index contributed by atoms with van der Waals surface area (Å²) in [5, 5.41) is 1.96. The first-order valence-corrected chi connectivity index (χ1v) is 4.95. The van der Waals surface area contributed by atoms with Crippen molar-refractivity contribution in [1.82, 2.24) is 5.32 Å². The molecule has 0 bridgehead atoms. The number of amides is 1. The van der Waals surface area contributed by atoms with Crippen molar-refractivity contribution in [3.05, 3.63) is 23.7 Å². The number of carbonyl (C=O) groups is 2. The van der Waals surface area contributed by atoms with Crippen molar-refractivity contribution in [3.63, 3.8) is 0 Å². The molecule has 1 N–H and O–H groups in total. The fraction of sp³-hybridized carbons (Fsp3) is 0.400. The van der Waals surface area contributed by atoms with Gasteiger partial charge in [-0.2, -0.15) is 0 Å². The summed E-state index contributed by atoms with van der Waals surface area (Å²) in [5.41, 5.74) is 0. The van der Waals surface area contributed by atoms with E-state index in [4.69, 9.17) is 16.0 Å². The van der Waals surface area contributed by atoms with Crippen LogP contribution in [0.25, 0.3) is 0 Å². The first-order chi connectivity index (χ1) is 7.00. The number of furan rings is 1. The number of hydrogen-bond donors (Lipinski definition) is 1. The fourth-order valence-electron chi connectivity index (χ4n) is 1.01. The number of ketones is 1. The predicted octanol–water partition coefficient (Wildman–Crippen LogP) is 1.73. The van der Waals surface area contributed by atoms with E-state index in [1.807, 2.05) is 0 Å². The molecule has 0 saturated carbocycles. The molecule has 0 aliphatic carbocycles. The van der Waals surface area contributed by atoms with Crippen LogP contribution in [0.15, 0.2) is 16.5 Å². The van der Waals surface area contributed by atoms with Gasteiger partial charge in [0.1, 0.15) is 5.76 Å². The lowest BCUT2D eigenvalue weighted by Crippen LogP contribution is -2.18. The number of nitrogens with one attached hydrogen (secondary N) is 1. The minimum absolute atomic E-state index is 0.148. The zero-order valence-electron chi connectivity index (χ0n) is 8.54. The molecule has 1 heterocycles. The highest BCUT2D eigenvalue weighted by atomic mass is 35.5. The van der Waals surface area contributed by atoms with E-state index in [9.17, 15) is 9.59 Å². The van der Waals surface area contributed by atoms with E-state index >= 15 is 0 Å². The molecule has 82 valence electrons. The van der Waals surface area contributed by atoms with Crippen LogP contribution >= 0.6 is 11.6 Å². The highest BCUT2D eigenvalue weighted by Gasteiger charge is 2.16. The molecule has 0 aromatic carbocycles. The SMILES string of the molecule is CC(=O)NCc1ccc(C(=O)C(C)Cl)o1. The van der Waals surface area contributed by atoms with Crippen molar-refractivity contribution >= 4 is 23.3 Å². The number of Topliss-reactive ketones (excluding diaryl/α,β-unsaturated/α-hetero) is 1. The average Bonchev–Trinajstić information content (AvgIpc) is 2.61.